The van der Waals surface area contributed by atoms with Gasteiger partial charge >= 0.3 is 12.1 Å². The number of anilines is 1. The highest BCUT2D eigenvalue weighted by molar-refractivity contribution is 6.14. The highest BCUT2D eigenvalue weighted by Gasteiger charge is 2.38. The normalized spacial score (nSPS) is 17.4. The van der Waals surface area contributed by atoms with Gasteiger partial charge in [0.2, 0.25) is 0 Å². The van der Waals surface area contributed by atoms with Gasteiger partial charge in [-0.3, -0.25) is 9.69 Å². The van der Waals surface area contributed by atoms with Crippen LogP contribution in [0.3, 0.4) is 0 Å². The van der Waals surface area contributed by atoms with Crippen LogP contribution in [0.5, 0.6) is 0 Å². The minimum Gasteiger partial charge on any atom is -0.456 e. The zero-order chi connectivity index (χ0) is 20.7. The van der Waals surface area contributed by atoms with E-state index in [1.165, 1.54) is 4.90 Å². The zero-order valence-corrected chi connectivity index (χ0v) is 17.4. The Hall–Kier alpha value is -2.37. The average molecular weight is 375 g/mol. The number of amides is 1. The molecule has 6 nitrogen and oxygen atoms in total. The van der Waals surface area contributed by atoms with Gasteiger partial charge in [-0.15, -0.1) is 0 Å². The minimum absolute atomic E-state index is 0.116. The minimum atomic E-state index is -0.691. The van der Waals surface area contributed by atoms with Gasteiger partial charge in [-0.2, -0.15) is 0 Å². The molecule has 27 heavy (non-hydrogen) atoms. The van der Waals surface area contributed by atoms with Crippen LogP contribution >= 0.6 is 0 Å². The van der Waals surface area contributed by atoms with Crippen molar-refractivity contribution in [1.82, 2.24) is 0 Å². The van der Waals surface area contributed by atoms with Crippen LogP contribution in [-0.2, 0) is 9.47 Å². The van der Waals surface area contributed by atoms with Crippen LogP contribution in [-0.4, -0.2) is 35.1 Å². The molecule has 0 N–H and O–H groups in total. The molecule has 0 radical (unpaired) electrons. The third-order valence-electron chi connectivity index (χ3n) is 3.93. The molecule has 1 aromatic rings. The van der Waals surface area contributed by atoms with E-state index in [9.17, 15) is 14.4 Å². The molecule has 1 aromatic carbocycles. The Kier molecular flexibility index (Phi) is 5.41. The Labute approximate surface area is 160 Å². The lowest BCUT2D eigenvalue weighted by Gasteiger charge is -2.36. The molecule has 6 heteroatoms. The molecule has 2 rings (SSSR count). The maximum absolute atomic E-state index is 12.8. The summed E-state index contributed by atoms with van der Waals surface area (Å²) in [6, 6.07) is 3.00. The molecule has 1 atom stereocenters. The van der Waals surface area contributed by atoms with Gasteiger partial charge < -0.3 is 9.47 Å². The molecule has 0 fully saturated rings. The largest absolute Gasteiger partial charge is 0.456 e. The second-order valence-electron chi connectivity index (χ2n) is 9.04. The van der Waals surface area contributed by atoms with Crippen LogP contribution in [0, 0.1) is 6.92 Å². The number of hydrogen-bond acceptors (Lipinski definition) is 5. The molecule has 0 bridgehead atoms. The highest BCUT2D eigenvalue weighted by atomic mass is 16.6. The lowest BCUT2D eigenvalue weighted by molar-refractivity contribution is 0.00667. The lowest BCUT2D eigenvalue weighted by atomic mass is 9.90. The predicted molar refractivity (Wildman–Crippen MR) is 103 cm³/mol. The first kappa shape index (κ1) is 20.9. The van der Waals surface area contributed by atoms with Crippen molar-refractivity contribution in [3.05, 3.63) is 28.8 Å². The standard InChI is InChI=1S/C21H29NO5/c1-12-9-14(18(24)26-20(3,4)5)17-15(10-12)22(13(2)11-16(17)23)19(25)27-21(6,7)8/h9-10,13H,11H2,1-8H3. The molecule has 1 amide bonds. The summed E-state index contributed by atoms with van der Waals surface area (Å²) in [4.78, 5) is 39.7. The first-order valence-corrected chi connectivity index (χ1v) is 9.13. The fourth-order valence-corrected chi connectivity index (χ4v) is 3.03. The molecule has 1 aliphatic heterocycles. The molecule has 0 saturated carbocycles. The van der Waals surface area contributed by atoms with E-state index in [4.69, 9.17) is 9.47 Å². The molecule has 148 valence electrons. The Morgan fingerprint density at radius 3 is 2.11 bits per heavy atom. The number of fused-ring (bicyclic) bond motifs is 1. The number of ketones is 1. The topological polar surface area (TPSA) is 72.9 Å². The highest BCUT2D eigenvalue weighted by Crippen LogP contribution is 2.36. The van der Waals surface area contributed by atoms with Gasteiger partial charge in [0.25, 0.3) is 0 Å². The van der Waals surface area contributed by atoms with Gasteiger partial charge in [-0.1, -0.05) is 0 Å². The van der Waals surface area contributed by atoms with E-state index in [1.54, 1.807) is 60.6 Å². The maximum atomic E-state index is 12.8. The smallest absolute Gasteiger partial charge is 0.415 e. The molecular weight excluding hydrogens is 346 g/mol. The van der Waals surface area contributed by atoms with Crippen molar-refractivity contribution in [3.8, 4) is 0 Å². The number of carbonyl (C=O) groups excluding carboxylic acids is 3. The van der Waals surface area contributed by atoms with Gasteiger partial charge in [-0.25, -0.2) is 9.59 Å². The summed E-state index contributed by atoms with van der Waals surface area (Å²) >= 11 is 0. The first-order chi connectivity index (χ1) is 12.2. The average Bonchev–Trinajstić information content (AvgIpc) is 2.41. The number of rotatable bonds is 1. The van der Waals surface area contributed by atoms with E-state index < -0.39 is 23.3 Å². The van der Waals surface area contributed by atoms with E-state index in [2.05, 4.69) is 0 Å². The van der Waals surface area contributed by atoms with Gasteiger partial charge in [0.15, 0.2) is 5.78 Å². The van der Waals surface area contributed by atoms with Crippen LogP contribution in [0.15, 0.2) is 12.1 Å². The second kappa shape index (κ2) is 6.98. The third kappa shape index (κ3) is 4.87. The Morgan fingerprint density at radius 2 is 1.59 bits per heavy atom. The summed E-state index contributed by atoms with van der Waals surface area (Å²) in [5, 5.41) is 0. The predicted octanol–water partition coefficient (Wildman–Crippen LogP) is 4.67. The Balaban J connectivity index is 2.59. The van der Waals surface area contributed by atoms with Crippen LogP contribution in [0.2, 0.25) is 0 Å². The molecule has 1 aliphatic rings. The molecular formula is C21H29NO5. The van der Waals surface area contributed by atoms with Crippen molar-refractivity contribution >= 4 is 23.5 Å². The van der Waals surface area contributed by atoms with Crippen LogP contribution < -0.4 is 4.90 Å². The number of carbonyl (C=O) groups is 3. The zero-order valence-electron chi connectivity index (χ0n) is 17.4. The van der Waals surface area contributed by atoms with Gasteiger partial charge in [-0.05, 0) is 73.1 Å². The third-order valence-corrected chi connectivity index (χ3v) is 3.93. The molecule has 0 saturated heterocycles. The summed E-state index contributed by atoms with van der Waals surface area (Å²) < 4.78 is 11.0. The molecule has 1 heterocycles. The van der Waals surface area contributed by atoms with E-state index >= 15 is 0 Å². The van der Waals surface area contributed by atoms with Crippen molar-refractivity contribution in [2.45, 2.75) is 79.1 Å². The first-order valence-electron chi connectivity index (χ1n) is 9.13. The quantitative estimate of drug-likeness (QED) is 0.667. The van der Waals surface area contributed by atoms with Crippen molar-refractivity contribution < 1.29 is 23.9 Å². The molecule has 1 unspecified atom stereocenters. The van der Waals surface area contributed by atoms with Gasteiger partial charge in [0, 0.05) is 12.5 Å². The summed E-state index contributed by atoms with van der Waals surface area (Å²) in [5.74, 6) is -0.757. The number of nitrogens with zero attached hydrogens (tertiary/aromatic N) is 1. The summed E-state index contributed by atoms with van der Waals surface area (Å²) in [7, 11) is 0. The number of esters is 1. The van der Waals surface area contributed by atoms with Crippen LogP contribution in [0.1, 0.15) is 81.2 Å². The van der Waals surface area contributed by atoms with Crippen LogP contribution in [0.4, 0.5) is 10.5 Å². The molecule has 0 aromatic heterocycles. The number of hydrogen-bond donors (Lipinski definition) is 0. The SMILES string of the molecule is Cc1cc(C(=O)OC(C)(C)C)c2c(c1)N(C(=O)OC(C)(C)C)C(C)CC2=O. The van der Waals surface area contributed by atoms with Gasteiger partial charge in [0.1, 0.15) is 11.2 Å². The fourth-order valence-electron chi connectivity index (χ4n) is 3.03. The number of benzene rings is 1. The number of Topliss-reactive ketones (excluding diaryl/α,β-unsaturated/α-hetero) is 1. The number of aryl methyl sites for hydroxylation is 1. The Morgan fingerprint density at radius 1 is 1.04 bits per heavy atom. The summed E-state index contributed by atoms with van der Waals surface area (Å²) in [6.07, 6.45) is -0.421. The summed E-state index contributed by atoms with van der Waals surface area (Å²) in [5.41, 5.74) is 0.197. The monoisotopic (exact) mass is 375 g/mol. The van der Waals surface area contributed by atoms with E-state index in [0.29, 0.717) is 5.69 Å². The van der Waals surface area contributed by atoms with E-state index in [-0.39, 0.29) is 29.4 Å². The van der Waals surface area contributed by atoms with Gasteiger partial charge in [0.05, 0.1) is 16.8 Å². The fraction of sp³-hybridized carbons (Fsp3) is 0.571. The van der Waals surface area contributed by atoms with Crippen molar-refractivity contribution in [3.63, 3.8) is 0 Å². The van der Waals surface area contributed by atoms with E-state index in [0.717, 1.165) is 5.56 Å². The van der Waals surface area contributed by atoms with Crippen molar-refractivity contribution in [2.24, 2.45) is 0 Å². The molecule has 0 spiro atoms. The lowest BCUT2D eigenvalue weighted by Crippen LogP contribution is -2.47. The molecule has 0 aliphatic carbocycles. The second-order valence-corrected chi connectivity index (χ2v) is 9.04. The van der Waals surface area contributed by atoms with E-state index in [1.807, 2.05) is 6.92 Å². The Bertz CT molecular complexity index is 783. The van der Waals surface area contributed by atoms with Crippen molar-refractivity contribution in [2.75, 3.05) is 4.90 Å². The van der Waals surface area contributed by atoms with Crippen LogP contribution in [0.25, 0.3) is 0 Å². The maximum Gasteiger partial charge on any atom is 0.415 e. The summed E-state index contributed by atoms with van der Waals surface area (Å²) in [6.45, 7) is 14.3. The number of ether oxygens (including phenoxy) is 2. The van der Waals surface area contributed by atoms with Crippen molar-refractivity contribution in [1.29, 1.82) is 0 Å².